The number of hydrogen-bond acceptors (Lipinski definition) is 3. The van der Waals surface area contributed by atoms with Crippen LogP contribution in [-0.4, -0.2) is 28.6 Å². The molecule has 0 bridgehead atoms. The normalized spacial score (nSPS) is 14.4. The van der Waals surface area contributed by atoms with Crippen molar-refractivity contribution in [2.45, 2.75) is 32.2 Å². The van der Waals surface area contributed by atoms with Crippen LogP contribution in [0.5, 0.6) is 0 Å². The molecule has 0 unspecified atom stereocenters. The Kier molecular flexibility index (Phi) is 4.92. The second kappa shape index (κ2) is 6.88. The predicted octanol–water partition coefficient (Wildman–Crippen LogP) is 1.77. The van der Waals surface area contributed by atoms with Crippen LogP contribution >= 0.6 is 0 Å². The fraction of sp³-hybridized carbons (Fsp3) is 0.500. The molecule has 0 radical (unpaired) electrons. The van der Waals surface area contributed by atoms with Crippen LogP contribution in [0.15, 0.2) is 18.3 Å². The fourth-order valence-electron chi connectivity index (χ4n) is 2.11. The summed E-state index contributed by atoms with van der Waals surface area (Å²) in [4.78, 5) is 26.4. The van der Waals surface area contributed by atoms with E-state index in [0.29, 0.717) is 12.2 Å². The lowest BCUT2D eigenvalue weighted by Crippen LogP contribution is -2.36. The van der Waals surface area contributed by atoms with Crippen LogP contribution in [0.2, 0.25) is 0 Å². The SMILES string of the molecule is O=C(NCCC1CCC1)NCc1cc(C(=O)O)ccn1. The Morgan fingerprint density at radius 3 is 2.80 bits per heavy atom. The number of nitrogens with zero attached hydrogens (tertiary/aromatic N) is 1. The molecule has 1 aliphatic rings. The van der Waals surface area contributed by atoms with E-state index in [9.17, 15) is 9.59 Å². The minimum Gasteiger partial charge on any atom is -0.478 e. The van der Waals surface area contributed by atoms with E-state index in [1.165, 1.54) is 37.6 Å². The van der Waals surface area contributed by atoms with Crippen LogP contribution in [0, 0.1) is 5.92 Å². The Balaban J connectivity index is 1.69. The van der Waals surface area contributed by atoms with Gasteiger partial charge in [0.2, 0.25) is 0 Å². The lowest BCUT2D eigenvalue weighted by molar-refractivity contribution is 0.0696. The summed E-state index contributed by atoms with van der Waals surface area (Å²) in [5.74, 6) is -0.234. The molecule has 0 aliphatic heterocycles. The van der Waals surface area contributed by atoms with Gasteiger partial charge in [-0.05, 0) is 24.5 Å². The van der Waals surface area contributed by atoms with E-state index in [4.69, 9.17) is 5.11 Å². The standard InChI is InChI=1S/C14H19N3O3/c18-13(19)11-5-7-15-12(8-11)9-17-14(20)16-6-4-10-2-1-3-10/h5,7-8,10H,1-4,6,9H2,(H,18,19)(H2,16,17,20). The minimum atomic E-state index is -1.00. The van der Waals surface area contributed by atoms with Crippen LogP contribution < -0.4 is 10.6 Å². The van der Waals surface area contributed by atoms with E-state index < -0.39 is 5.97 Å². The van der Waals surface area contributed by atoms with Gasteiger partial charge in [-0.15, -0.1) is 0 Å². The van der Waals surface area contributed by atoms with E-state index in [1.54, 1.807) is 0 Å². The summed E-state index contributed by atoms with van der Waals surface area (Å²) in [6.45, 7) is 0.898. The number of nitrogens with one attached hydrogen (secondary N) is 2. The highest BCUT2D eigenvalue weighted by Crippen LogP contribution is 2.28. The zero-order chi connectivity index (χ0) is 14.4. The molecule has 6 heteroatoms. The van der Waals surface area contributed by atoms with Crippen LogP contribution in [0.3, 0.4) is 0 Å². The summed E-state index contributed by atoms with van der Waals surface area (Å²) in [7, 11) is 0. The van der Waals surface area contributed by atoms with E-state index >= 15 is 0 Å². The third-order valence-corrected chi connectivity index (χ3v) is 3.56. The van der Waals surface area contributed by atoms with E-state index in [0.717, 1.165) is 12.3 Å². The van der Waals surface area contributed by atoms with Gasteiger partial charge >= 0.3 is 12.0 Å². The van der Waals surface area contributed by atoms with Crippen molar-refractivity contribution in [2.75, 3.05) is 6.54 Å². The maximum Gasteiger partial charge on any atom is 0.335 e. The molecule has 1 aromatic heterocycles. The van der Waals surface area contributed by atoms with Gasteiger partial charge in [0.1, 0.15) is 0 Å². The highest BCUT2D eigenvalue weighted by atomic mass is 16.4. The summed E-state index contributed by atoms with van der Waals surface area (Å²) in [5, 5.41) is 14.3. The number of carbonyl (C=O) groups excluding carboxylic acids is 1. The number of urea groups is 1. The average Bonchev–Trinajstić information content (AvgIpc) is 2.39. The molecule has 108 valence electrons. The van der Waals surface area contributed by atoms with E-state index in [2.05, 4.69) is 15.6 Å². The van der Waals surface area contributed by atoms with Crippen molar-refractivity contribution in [3.8, 4) is 0 Å². The first-order chi connectivity index (χ1) is 9.65. The van der Waals surface area contributed by atoms with Gasteiger partial charge in [-0.3, -0.25) is 4.98 Å². The lowest BCUT2D eigenvalue weighted by atomic mass is 9.83. The molecule has 20 heavy (non-hydrogen) atoms. The number of pyridine rings is 1. The molecule has 3 N–H and O–H groups in total. The molecular formula is C14H19N3O3. The maximum atomic E-state index is 11.6. The third-order valence-electron chi connectivity index (χ3n) is 3.56. The Hall–Kier alpha value is -2.11. The predicted molar refractivity (Wildman–Crippen MR) is 73.4 cm³/mol. The number of carboxylic acid groups (broad SMARTS) is 1. The summed E-state index contributed by atoms with van der Waals surface area (Å²) in [6, 6.07) is 2.63. The smallest absolute Gasteiger partial charge is 0.335 e. The number of rotatable bonds is 6. The third kappa shape index (κ3) is 4.22. The molecule has 1 aromatic rings. The van der Waals surface area contributed by atoms with Crippen LogP contribution in [0.4, 0.5) is 4.79 Å². The van der Waals surface area contributed by atoms with Crippen LogP contribution in [-0.2, 0) is 6.54 Å². The van der Waals surface area contributed by atoms with Gasteiger partial charge < -0.3 is 15.7 Å². The largest absolute Gasteiger partial charge is 0.478 e. The first kappa shape index (κ1) is 14.3. The number of aromatic carboxylic acids is 1. The number of aromatic nitrogens is 1. The molecular weight excluding hydrogens is 258 g/mol. The van der Waals surface area contributed by atoms with Gasteiger partial charge in [-0.1, -0.05) is 19.3 Å². The summed E-state index contributed by atoms with van der Waals surface area (Å²) in [6.07, 6.45) is 6.31. The fourth-order valence-corrected chi connectivity index (χ4v) is 2.11. The van der Waals surface area contributed by atoms with Gasteiger partial charge in [-0.2, -0.15) is 0 Å². The lowest BCUT2D eigenvalue weighted by Gasteiger charge is -2.25. The molecule has 1 saturated carbocycles. The van der Waals surface area contributed by atoms with Gasteiger partial charge in [0, 0.05) is 12.7 Å². The molecule has 0 saturated heterocycles. The highest BCUT2D eigenvalue weighted by molar-refractivity contribution is 5.87. The van der Waals surface area contributed by atoms with Gasteiger partial charge in [0.05, 0.1) is 17.8 Å². The Morgan fingerprint density at radius 1 is 1.35 bits per heavy atom. The first-order valence-corrected chi connectivity index (χ1v) is 6.85. The van der Waals surface area contributed by atoms with Gasteiger partial charge in [0.25, 0.3) is 0 Å². The molecule has 1 aliphatic carbocycles. The molecule has 2 amide bonds. The zero-order valence-corrected chi connectivity index (χ0v) is 11.3. The molecule has 0 spiro atoms. The number of amides is 2. The quantitative estimate of drug-likeness (QED) is 0.739. The van der Waals surface area contributed by atoms with Crippen LogP contribution in [0.25, 0.3) is 0 Å². The zero-order valence-electron chi connectivity index (χ0n) is 11.3. The van der Waals surface area contributed by atoms with Crippen molar-refractivity contribution in [1.29, 1.82) is 0 Å². The maximum absolute atomic E-state index is 11.6. The monoisotopic (exact) mass is 277 g/mol. The highest BCUT2D eigenvalue weighted by Gasteiger charge is 2.16. The molecule has 0 aromatic carbocycles. The summed E-state index contributed by atoms with van der Waals surface area (Å²) >= 11 is 0. The number of carboxylic acids is 1. The average molecular weight is 277 g/mol. The van der Waals surface area contributed by atoms with Crippen molar-refractivity contribution < 1.29 is 14.7 Å². The topological polar surface area (TPSA) is 91.3 Å². The molecule has 1 heterocycles. The molecule has 1 fully saturated rings. The van der Waals surface area contributed by atoms with Crippen LogP contribution in [0.1, 0.15) is 41.7 Å². The number of carbonyl (C=O) groups is 2. The Morgan fingerprint density at radius 2 is 2.15 bits per heavy atom. The molecule has 0 atom stereocenters. The minimum absolute atomic E-state index is 0.169. The Bertz CT molecular complexity index is 486. The van der Waals surface area contributed by atoms with Crippen molar-refractivity contribution in [1.82, 2.24) is 15.6 Å². The molecule has 6 nitrogen and oxygen atoms in total. The van der Waals surface area contributed by atoms with Crippen molar-refractivity contribution in [3.63, 3.8) is 0 Å². The van der Waals surface area contributed by atoms with Crippen molar-refractivity contribution in [2.24, 2.45) is 5.92 Å². The van der Waals surface area contributed by atoms with Gasteiger partial charge in [-0.25, -0.2) is 9.59 Å². The van der Waals surface area contributed by atoms with Gasteiger partial charge in [0.15, 0.2) is 0 Å². The van der Waals surface area contributed by atoms with E-state index in [1.807, 2.05) is 0 Å². The molecule has 2 rings (SSSR count). The second-order valence-electron chi connectivity index (χ2n) is 5.04. The first-order valence-electron chi connectivity index (χ1n) is 6.85. The van der Waals surface area contributed by atoms with Crippen molar-refractivity contribution in [3.05, 3.63) is 29.6 Å². The summed E-state index contributed by atoms with van der Waals surface area (Å²) < 4.78 is 0. The number of hydrogen-bond donors (Lipinski definition) is 3. The second-order valence-corrected chi connectivity index (χ2v) is 5.04. The summed E-state index contributed by atoms with van der Waals surface area (Å²) in [5.41, 5.74) is 0.696. The van der Waals surface area contributed by atoms with Crippen molar-refractivity contribution >= 4 is 12.0 Å². The van der Waals surface area contributed by atoms with E-state index in [-0.39, 0.29) is 18.1 Å². The Labute approximate surface area is 117 Å².